The van der Waals surface area contributed by atoms with Gasteiger partial charge in [-0.3, -0.25) is 15.0 Å². The molecule has 1 aromatic heterocycles. The molecule has 1 unspecified atom stereocenters. The van der Waals surface area contributed by atoms with Crippen molar-refractivity contribution in [3.05, 3.63) is 11.1 Å². The molecular formula is C14H21N3OS. The second-order valence-corrected chi connectivity index (χ2v) is 5.11. The highest BCUT2D eigenvalue weighted by atomic mass is 32.1. The van der Waals surface area contributed by atoms with Gasteiger partial charge in [-0.15, -0.1) is 17.8 Å². The smallest absolute Gasteiger partial charge is 0.225 e. The maximum absolute atomic E-state index is 11.4. The van der Waals surface area contributed by atoms with Crippen LogP contribution in [0.2, 0.25) is 0 Å². The molecule has 0 aliphatic carbocycles. The van der Waals surface area contributed by atoms with E-state index in [1.165, 1.54) is 11.3 Å². The predicted molar refractivity (Wildman–Crippen MR) is 80.2 cm³/mol. The van der Waals surface area contributed by atoms with Crippen molar-refractivity contribution in [3.8, 4) is 12.3 Å². The van der Waals surface area contributed by atoms with Gasteiger partial charge in [0.25, 0.3) is 0 Å². The number of hydrogen-bond acceptors (Lipinski definition) is 4. The minimum atomic E-state index is 0.0174. The molecule has 4 nitrogen and oxygen atoms in total. The van der Waals surface area contributed by atoms with E-state index < -0.39 is 0 Å². The molecule has 0 radical (unpaired) electrons. The Morgan fingerprint density at radius 2 is 2.37 bits per heavy atom. The van der Waals surface area contributed by atoms with Crippen molar-refractivity contribution in [2.24, 2.45) is 0 Å². The number of nitrogens with zero attached hydrogens (tertiary/aromatic N) is 2. The summed E-state index contributed by atoms with van der Waals surface area (Å²) in [6.07, 6.45) is 7.47. The lowest BCUT2D eigenvalue weighted by atomic mass is 10.2. The van der Waals surface area contributed by atoms with Crippen LogP contribution in [-0.4, -0.2) is 23.5 Å². The molecule has 0 saturated heterocycles. The van der Waals surface area contributed by atoms with Crippen molar-refractivity contribution in [2.75, 3.05) is 11.4 Å². The van der Waals surface area contributed by atoms with Crippen LogP contribution in [0.15, 0.2) is 5.38 Å². The van der Waals surface area contributed by atoms with E-state index in [1.807, 2.05) is 12.3 Å². The van der Waals surface area contributed by atoms with Crippen LogP contribution >= 0.6 is 11.3 Å². The van der Waals surface area contributed by atoms with Crippen LogP contribution in [0.25, 0.3) is 0 Å². The summed E-state index contributed by atoms with van der Waals surface area (Å²) in [4.78, 5) is 17.6. The second kappa shape index (κ2) is 7.93. The lowest BCUT2D eigenvalue weighted by Crippen LogP contribution is -2.28. The Kier molecular flexibility index (Phi) is 6.54. The fraction of sp³-hybridized carbons (Fsp3) is 0.571. The van der Waals surface area contributed by atoms with E-state index >= 15 is 0 Å². The zero-order valence-corrected chi connectivity index (χ0v) is 12.6. The molecule has 5 heteroatoms. The van der Waals surface area contributed by atoms with E-state index in [4.69, 9.17) is 6.42 Å². The molecule has 104 valence electrons. The van der Waals surface area contributed by atoms with Gasteiger partial charge in [0.1, 0.15) is 0 Å². The number of amides is 1. The van der Waals surface area contributed by atoms with Crippen molar-refractivity contribution in [1.82, 2.24) is 10.3 Å². The topological polar surface area (TPSA) is 45.2 Å². The molecule has 0 spiro atoms. The van der Waals surface area contributed by atoms with E-state index in [0.717, 1.165) is 23.7 Å². The summed E-state index contributed by atoms with van der Waals surface area (Å²) in [6, 6.07) is 0.0882. The molecular weight excluding hydrogens is 258 g/mol. The van der Waals surface area contributed by atoms with Gasteiger partial charge in [0.2, 0.25) is 5.91 Å². The molecule has 1 N–H and O–H groups in total. The molecule has 1 atom stereocenters. The highest BCUT2D eigenvalue weighted by Gasteiger charge is 2.13. The number of aromatic nitrogens is 1. The van der Waals surface area contributed by atoms with E-state index in [2.05, 4.69) is 23.1 Å². The Balaban J connectivity index is 2.60. The van der Waals surface area contributed by atoms with Crippen molar-refractivity contribution >= 4 is 22.4 Å². The molecule has 19 heavy (non-hydrogen) atoms. The number of thiazole rings is 1. The minimum Gasteiger partial charge on any atom is -0.298 e. The van der Waals surface area contributed by atoms with E-state index in [9.17, 15) is 4.79 Å². The first-order valence-electron chi connectivity index (χ1n) is 6.54. The van der Waals surface area contributed by atoms with Crippen LogP contribution < -0.4 is 10.2 Å². The van der Waals surface area contributed by atoms with E-state index in [-0.39, 0.29) is 11.9 Å². The Labute approximate surface area is 119 Å². The van der Waals surface area contributed by atoms with Crippen LogP contribution in [0.4, 0.5) is 5.13 Å². The van der Waals surface area contributed by atoms with Crippen LogP contribution in [0.5, 0.6) is 0 Å². The van der Waals surface area contributed by atoms with Gasteiger partial charge in [0.15, 0.2) is 5.13 Å². The van der Waals surface area contributed by atoms with Crippen molar-refractivity contribution in [3.63, 3.8) is 0 Å². The number of nitrogens with one attached hydrogen (secondary N) is 1. The van der Waals surface area contributed by atoms with Gasteiger partial charge < -0.3 is 0 Å². The SMILES string of the molecule is C#CC(CCC)NCc1csc(N(CC)C(C)=O)n1. The maximum Gasteiger partial charge on any atom is 0.225 e. The third kappa shape index (κ3) is 4.66. The first-order valence-corrected chi connectivity index (χ1v) is 7.42. The average Bonchev–Trinajstić information content (AvgIpc) is 2.83. The van der Waals surface area contributed by atoms with Gasteiger partial charge in [-0.05, 0) is 13.3 Å². The lowest BCUT2D eigenvalue weighted by molar-refractivity contribution is -0.116. The van der Waals surface area contributed by atoms with Gasteiger partial charge in [-0.25, -0.2) is 4.98 Å². The fourth-order valence-corrected chi connectivity index (χ4v) is 2.69. The average molecular weight is 279 g/mol. The summed E-state index contributed by atoms with van der Waals surface area (Å²) in [5, 5.41) is 6.01. The number of carbonyl (C=O) groups excluding carboxylic acids is 1. The maximum atomic E-state index is 11.4. The van der Waals surface area contributed by atoms with E-state index in [1.54, 1.807) is 11.8 Å². The van der Waals surface area contributed by atoms with Gasteiger partial charge >= 0.3 is 0 Å². The standard InChI is InChI=1S/C14H21N3OS/c1-5-8-12(6-2)15-9-13-10-19-14(16-13)17(7-3)11(4)18/h2,10,12,15H,5,7-9H2,1,3-4H3. The summed E-state index contributed by atoms with van der Waals surface area (Å²) in [5.74, 6) is 2.75. The summed E-state index contributed by atoms with van der Waals surface area (Å²) >= 11 is 1.49. The van der Waals surface area contributed by atoms with Crippen molar-refractivity contribution in [1.29, 1.82) is 0 Å². The molecule has 1 rings (SSSR count). The molecule has 0 aliphatic heterocycles. The number of carbonyl (C=O) groups is 1. The van der Waals surface area contributed by atoms with Crippen LogP contribution in [0.3, 0.4) is 0 Å². The summed E-state index contributed by atoms with van der Waals surface area (Å²) in [6.45, 7) is 6.88. The largest absolute Gasteiger partial charge is 0.298 e. The number of hydrogen-bond donors (Lipinski definition) is 1. The summed E-state index contributed by atoms with van der Waals surface area (Å²) in [5.41, 5.74) is 0.927. The van der Waals surface area contributed by atoms with E-state index in [0.29, 0.717) is 13.1 Å². The number of anilines is 1. The number of terminal acetylenes is 1. The zero-order valence-electron chi connectivity index (χ0n) is 11.8. The Hall–Kier alpha value is -1.38. The second-order valence-electron chi connectivity index (χ2n) is 4.27. The lowest BCUT2D eigenvalue weighted by Gasteiger charge is -2.14. The normalized spacial score (nSPS) is 11.9. The van der Waals surface area contributed by atoms with Gasteiger partial charge in [-0.2, -0.15) is 0 Å². The molecule has 0 saturated carbocycles. The number of rotatable bonds is 7. The molecule has 1 amide bonds. The Morgan fingerprint density at radius 3 is 2.89 bits per heavy atom. The van der Waals surface area contributed by atoms with Crippen molar-refractivity contribution in [2.45, 2.75) is 46.2 Å². The third-order valence-electron chi connectivity index (χ3n) is 2.77. The Bertz CT molecular complexity index is 450. The first-order chi connectivity index (χ1) is 9.12. The van der Waals surface area contributed by atoms with Gasteiger partial charge in [-0.1, -0.05) is 19.3 Å². The quantitative estimate of drug-likeness (QED) is 0.780. The zero-order chi connectivity index (χ0) is 14.3. The minimum absolute atomic E-state index is 0.0174. The molecule has 0 aromatic carbocycles. The van der Waals surface area contributed by atoms with Crippen LogP contribution in [0.1, 0.15) is 39.3 Å². The highest BCUT2D eigenvalue weighted by molar-refractivity contribution is 7.14. The fourth-order valence-electron chi connectivity index (χ4n) is 1.75. The third-order valence-corrected chi connectivity index (χ3v) is 3.69. The Morgan fingerprint density at radius 1 is 1.63 bits per heavy atom. The molecule has 0 aliphatic rings. The van der Waals surface area contributed by atoms with Crippen LogP contribution in [-0.2, 0) is 11.3 Å². The monoisotopic (exact) mass is 279 g/mol. The molecule has 1 aromatic rings. The van der Waals surface area contributed by atoms with Crippen molar-refractivity contribution < 1.29 is 4.79 Å². The molecule has 1 heterocycles. The summed E-state index contributed by atoms with van der Waals surface area (Å²) < 4.78 is 0. The highest BCUT2D eigenvalue weighted by Crippen LogP contribution is 2.20. The predicted octanol–water partition coefficient (Wildman–Crippen LogP) is 2.41. The molecule has 0 bridgehead atoms. The molecule has 0 fully saturated rings. The van der Waals surface area contributed by atoms with Gasteiger partial charge in [0.05, 0.1) is 11.7 Å². The van der Waals surface area contributed by atoms with Gasteiger partial charge in [0, 0.05) is 25.4 Å². The first kappa shape index (κ1) is 15.7. The van der Waals surface area contributed by atoms with Crippen LogP contribution in [0, 0.1) is 12.3 Å². The summed E-state index contributed by atoms with van der Waals surface area (Å²) in [7, 11) is 0.